The van der Waals surface area contributed by atoms with E-state index in [1.165, 1.54) is 11.1 Å². The Hall–Kier alpha value is -0.860. The van der Waals surface area contributed by atoms with Crippen molar-refractivity contribution in [2.45, 2.75) is 52.5 Å². The summed E-state index contributed by atoms with van der Waals surface area (Å²) in [5.74, 6) is 0.591. The van der Waals surface area contributed by atoms with E-state index < -0.39 is 0 Å². The Morgan fingerprint density at radius 3 is 2.11 bits per heavy atom. The number of nitrogens with one attached hydrogen (secondary N) is 1. The minimum absolute atomic E-state index is 0.235. The molecule has 0 radical (unpaired) electrons. The molecule has 0 aliphatic heterocycles. The molecule has 108 valence electrons. The summed E-state index contributed by atoms with van der Waals surface area (Å²) in [6, 6.07) is 9.41. The van der Waals surface area contributed by atoms with Gasteiger partial charge in [0.25, 0.3) is 0 Å². The van der Waals surface area contributed by atoms with Gasteiger partial charge in [-0.25, -0.2) is 0 Å². The molecule has 0 saturated heterocycles. The fourth-order valence-electron chi connectivity index (χ4n) is 2.16. The van der Waals surface area contributed by atoms with E-state index in [1.54, 1.807) is 0 Å². The summed E-state index contributed by atoms with van der Waals surface area (Å²) in [4.78, 5) is 0. The van der Waals surface area contributed by atoms with Crippen LogP contribution in [-0.2, 0) is 11.8 Å². The summed E-state index contributed by atoms with van der Waals surface area (Å²) in [6.45, 7) is 12.9. The van der Waals surface area contributed by atoms with Gasteiger partial charge in [0.2, 0.25) is 0 Å². The third-order valence-corrected chi connectivity index (χ3v) is 3.70. The Bertz CT molecular complexity index is 360. The predicted octanol–water partition coefficient (Wildman–Crippen LogP) is 3.10. The van der Waals surface area contributed by atoms with Crippen LogP contribution in [0.25, 0.3) is 0 Å². The van der Waals surface area contributed by atoms with Crippen molar-refractivity contribution in [3.63, 3.8) is 0 Å². The molecule has 1 aromatic carbocycles. The zero-order chi connectivity index (χ0) is 14.5. The summed E-state index contributed by atoms with van der Waals surface area (Å²) in [5.41, 5.74) is 8.78. The van der Waals surface area contributed by atoms with Crippen LogP contribution in [0.2, 0.25) is 0 Å². The molecule has 2 heteroatoms. The maximum Gasteiger partial charge on any atom is 0.0213 e. The summed E-state index contributed by atoms with van der Waals surface area (Å²) in [6.07, 6.45) is 1.06. The molecule has 0 fully saturated rings. The average molecular weight is 262 g/mol. The monoisotopic (exact) mass is 262 g/mol. The summed E-state index contributed by atoms with van der Waals surface area (Å²) in [5, 5.41) is 3.54. The summed E-state index contributed by atoms with van der Waals surface area (Å²) in [7, 11) is 0. The molecule has 1 rings (SSSR count). The Labute approximate surface area is 118 Å². The van der Waals surface area contributed by atoms with E-state index in [0.717, 1.165) is 13.0 Å². The van der Waals surface area contributed by atoms with E-state index in [4.69, 9.17) is 5.73 Å². The topological polar surface area (TPSA) is 38.0 Å². The van der Waals surface area contributed by atoms with Gasteiger partial charge in [0.05, 0.1) is 0 Å². The quantitative estimate of drug-likeness (QED) is 0.827. The van der Waals surface area contributed by atoms with Gasteiger partial charge >= 0.3 is 0 Å². The minimum atomic E-state index is 0.235. The van der Waals surface area contributed by atoms with Crippen molar-refractivity contribution in [3.05, 3.63) is 35.4 Å². The van der Waals surface area contributed by atoms with Gasteiger partial charge in [-0.15, -0.1) is 0 Å². The predicted molar refractivity (Wildman–Crippen MR) is 84.5 cm³/mol. The lowest BCUT2D eigenvalue weighted by Crippen LogP contribution is -2.41. The molecule has 0 aromatic heterocycles. The molecule has 1 unspecified atom stereocenters. The number of nitrogens with two attached hydrogens (primary N) is 1. The smallest absolute Gasteiger partial charge is 0.0213 e. The van der Waals surface area contributed by atoms with Crippen molar-refractivity contribution in [3.8, 4) is 0 Å². The maximum absolute atomic E-state index is 5.76. The van der Waals surface area contributed by atoms with Crippen LogP contribution >= 0.6 is 0 Å². The zero-order valence-electron chi connectivity index (χ0n) is 13.2. The van der Waals surface area contributed by atoms with Crippen LogP contribution in [0.4, 0.5) is 0 Å². The van der Waals surface area contributed by atoms with Gasteiger partial charge < -0.3 is 11.1 Å². The van der Waals surface area contributed by atoms with Crippen LogP contribution in [0.15, 0.2) is 24.3 Å². The highest BCUT2D eigenvalue weighted by atomic mass is 14.9. The Balaban J connectivity index is 2.46. The van der Waals surface area contributed by atoms with E-state index in [2.05, 4.69) is 64.2 Å². The molecule has 0 heterocycles. The van der Waals surface area contributed by atoms with Crippen molar-refractivity contribution in [2.75, 3.05) is 13.1 Å². The highest BCUT2D eigenvalue weighted by Gasteiger charge is 2.13. The second-order valence-corrected chi connectivity index (χ2v) is 6.74. The zero-order valence-corrected chi connectivity index (χ0v) is 13.2. The molecule has 0 aliphatic carbocycles. The molecule has 2 nitrogen and oxygen atoms in total. The van der Waals surface area contributed by atoms with E-state index in [9.17, 15) is 0 Å². The lowest BCUT2D eigenvalue weighted by molar-refractivity contribution is 0.409. The lowest BCUT2D eigenvalue weighted by atomic mass is 9.86. The largest absolute Gasteiger partial charge is 0.329 e. The van der Waals surface area contributed by atoms with Crippen LogP contribution in [0.5, 0.6) is 0 Å². The molecule has 0 spiro atoms. The van der Waals surface area contributed by atoms with Gasteiger partial charge in [-0.1, -0.05) is 58.9 Å². The molecule has 3 N–H and O–H groups in total. The second kappa shape index (κ2) is 7.06. The van der Waals surface area contributed by atoms with Crippen molar-refractivity contribution >= 4 is 0 Å². The van der Waals surface area contributed by atoms with Gasteiger partial charge in [-0.05, 0) is 35.4 Å². The van der Waals surface area contributed by atoms with Gasteiger partial charge in [0.1, 0.15) is 0 Å². The molecule has 1 atom stereocenters. The number of benzene rings is 1. The maximum atomic E-state index is 5.76. The van der Waals surface area contributed by atoms with Crippen molar-refractivity contribution in [2.24, 2.45) is 11.7 Å². The molecule has 0 bridgehead atoms. The first-order valence-electron chi connectivity index (χ1n) is 7.37. The van der Waals surface area contributed by atoms with Gasteiger partial charge in [-0.3, -0.25) is 0 Å². The van der Waals surface area contributed by atoms with Gasteiger partial charge in [-0.2, -0.15) is 0 Å². The fraction of sp³-hybridized carbons (Fsp3) is 0.647. The molecule has 1 aromatic rings. The van der Waals surface area contributed by atoms with E-state index in [1.807, 2.05) is 0 Å². The Morgan fingerprint density at radius 1 is 1.11 bits per heavy atom. The standard InChI is InChI=1S/C17H30N2/c1-13(2)16(12-18)19-11-10-14-6-8-15(9-7-14)17(3,4)5/h6-9,13,16,19H,10-12,18H2,1-5H3. The Morgan fingerprint density at radius 2 is 1.68 bits per heavy atom. The van der Waals surface area contributed by atoms with E-state index in [0.29, 0.717) is 18.5 Å². The average Bonchev–Trinajstić information content (AvgIpc) is 2.33. The molecule has 0 amide bonds. The Kier molecular flexibility index (Phi) is 6.02. The van der Waals surface area contributed by atoms with Crippen molar-refractivity contribution < 1.29 is 0 Å². The van der Waals surface area contributed by atoms with Crippen LogP contribution < -0.4 is 11.1 Å². The molecular formula is C17H30N2. The molecular weight excluding hydrogens is 232 g/mol. The second-order valence-electron chi connectivity index (χ2n) is 6.74. The first-order chi connectivity index (χ1) is 8.84. The number of rotatable bonds is 6. The third kappa shape index (κ3) is 5.33. The summed E-state index contributed by atoms with van der Waals surface area (Å²) < 4.78 is 0. The van der Waals surface area contributed by atoms with Crippen LogP contribution in [0, 0.1) is 5.92 Å². The summed E-state index contributed by atoms with van der Waals surface area (Å²) >= 11 is 0. The molecule has 0 aliphatic rings. The highest BCUT2D eigenvalue weighted by molar-refractivity contribution is 5.27. The van der Waals surface area contributed by atoms with Gasteiger partial charge in [0, 0.05) is 12.6 Å². The highest BCUT2D eigenvalue weighted by Crippen LogP contribution is 2.22. The van der Waals surface area contributed by atoms with Gasteiger partial charge in [0.15, 0.2) is 0 Å². The fourth-order valence-corrected chi connectivity index (χ4v) is 2.16. The first kappa shape index (κ1) is 16.2. The van der Waals surface area contributed by atoms with Crippen molar-refractivity contribution in [1.29, 1.82) is 0 Å². The normalized spacial score (nSPS) is 13.8. The van der Waals surface area contributed by atoms with Crippen LogP contribution in [0.1, 0.15) is 45.7 Å². The number of hydrogen-bond acceptors (Lipinski definition) is 2. The first-order valence-corrected chi connectivity index (χ1v) is 7.37. The lowest BCUT2D eigenvalue weighted by Gasteiger charge is -2.21. The SMILES string of the molecule is CC(C)C(CN)NCCc1ccc(C(C)(C)C)cc1. The van der Waals surface area contributed by atoms with Crippen LogP contribution in [0.3, 0.4) is 0 Å². The minimum Gasteiger partial charge on any atom is -0.329 e. The van der Waals surface area contributed by atoms with Crippen LogP contribution in [-0.4, -0.2) is 19.1 Å². The number of hydrogen-bond donors (Lipinski definition) is 2. The van der Waals surface area contributed by atoms with Crippen molar-refractivity contribution in [1.82, 2.24) is 5.32 Å². The molecule has 0 saturated carbocycles. The van der Waals surface area contributed by atoms with E-state index in [-0.39, 0.29) is 5.41 Å². The van der Waals surface area contributed by atoms with E-state index >= 15 is 0 Å². The third-order valence-electron chi connectivity index (χ3n) is 3.70. The molecule has 19 heavy (non-hydrogen) atoms.